The van der Waals surface area contributed by atoms with Gasteiger partial charge in [0.25, 0.3) is 0 Å². The topological polar surface area (TPSA) is 31.4 Å². The van der Waals surface area contributed by atoms with Crippen LogP contribution in [0, 0.1) is 5.82 Å². The van der Waals surface area contributed by atoms with E-state index in [0.717, 1.165) is 5.39 Å². The van der Waals surface area contributed by atoms with Gasteiger partial charge in [-0.3, -0.25) is 4.98 Å². The fourth-order valence-corrected chi connectivity index (χ4v) is 1.65. The maximum absolute atomic E-state index is 13.7. The van der Waals surface area contributed by atoms with E-state index in [4.69, 9.17) is 9.47 Å². The fourth-order valence-electron chi connectivity index (χ4n) is 1.65. The zero-order valence-corrected chi connectivity index (χ0v) is 9.81. The maximum atomic E-state index is 13.7. The van der Waals surface area contributed by atoms with Crippen molar-refractivity contribution >= 4 is 10.9 Å². The van der Waals surface area contributed by atoms with Gasteiger partial charge in [-0.15, -0.1) is 0 Å². The van der Waals surface area contributed by atoms with E-state index in [-0.39, 0.29) is 17.7 Å². The molecule has 2 rings (SSSR count). The van der Waals surface area contributed by atoms with E-state index in [1.807, 2.05) is 13.0 Å². The molecule has 0 N–H and O–H groups in total. The normalized spacial score (nSPS) is 12.6. The van der Waals surface area contributed by atoms with Gasteiger partial charge in [-0.05, 0) is 19.1 Å². The van der Waals surface area contributed by atoms with Crippen molar-refractivity contribution in [1.29, 1.82) is 0 Å². The third kappa shape index (κ3) is 2.71. The molecule has 4 heteroatoms. The van der Waals surface area contributed by atoms with Crippen molar-refractivity contribution in [2.75, 3.05) is 13.7 Å². The first-order valence-corrected chi connectivity index (χ1v) is 5.40. The van der Waals surface area contributed by atoms with E-state index in [2.05, 4.69) is 4.98 Å². The minimum atomic E-state index is -0.381. The van der Waals surface area contributed by atoms with E-state index in [1.165, 1.54) is 6.07 Å². The quantitative estimate of drug-likeness (QED) is 0.816. The van der Waals surface area contributed by atoms with E-state index >= 15 is 0 Å². The van der Waals surface area contributed by atoms with Crippen molar-refractivity contribution in [2.45, 2.75) is 13.0 Å². The van der Waals surface area contributed by atoms with Crippen LogP contribution in [-0.2, 0) is 4.74 Å². The molecule has 0 aliphatic carbocycles. The van der Waals surface area contributed by atoms with Gasteiger partial charge in [0.1, 0.15) is 6.10 Å². The van der Waals surface area contributed by atoms with E-state index < -0.39 is 0 Å². The van der Waals surface area contributed by atoms with Gasteiger partial charge in [0, 0.05) is 24.8 Å². The van der Waals surface area contributed by atoms with Gasteiger partial charge in [0.05, 0.1) is 12.1 Å². The van der Waals surface area contributed by atoms with Gasteiger partial charge < -0.3 is 9.47 Å². The smallest absolute Gasteiger partial charge is 0.165 e. The standard InChI is InChI=1S/C13H14FNO2/c1-9(8-16-2)17-13-7-12-10(6-11(13)14)4-3-5-15-12/h3-7,9H,8H2,1-2H3/t9-/m1/s1. The van der Waals surface area contributed by atoms with Gasteiger partial charge in [-0.2, -0.15) is 0 Å². The summed E-state index contributed by atoms with van der Waals surface area (Å²) in [6.07, 6.45) is 1.47. The molecule has 0 saturated carbocycles. The third-order valence-electron chi connectivity index (χ3n) is 2.39. The molecule has 0 aliphatic rings. The number of pyridine rings is 1. The molecule has 90 valence electrons. The Hall–Kier alpha value is -1.68. The summed E-state index contributed by atoms with van der Waals surface area (Å²) in [7, 11) is 1.58. The van der Waals surface area contributed by atoms with Crippen LogP contribution in [0.25, 0.3) is 10.9 Å². The number of rotatable bonds is 4. The summed E-state index contributed by atoms with van der Waals surface area (Å²) in [6.45, 7) is 2.24. The van der Waals surface area contributed by atoms with Crippen molar-refractivity contribution in [3.8, 4) is 5.75 Å². The van der Waals surface area contributed by atoms with Crippen molar-refractivity contribution in [2.24, 2.45) is 0 Å². The summed E-state index contributed by atoms with van der Waals surface area (Å²) in [4.78, 5) is 4.16. The molecule has 0 amide bonds. The summed E-state index contributed by atoms with van der Waals surface area (Å²) in [5.41, 5.74) is 0.716. The Morgan fingerprint density at radius 3 is 3.00 bits per heavy atom. The van der Waals surface area contributed by atoms with Crippen LogP contribution in [0.1, 0.15) is 6.92 Å². The Morgan fingerprint density at radius 2 is 2.24 bits per heavy atom. The van der Waals surface area contributed by atoms with Gasteiger partial charge in [0.15, 0.2) is 11.6 Å². The highest BCUT2D eigenvalue weighted by Crippen LogP contribution is 2.24. The van der Waals surface area contributed by atoms with Crippen LogP contribution in [0.2, 0.25) is 0 Å². The molecule has 1 atom stereocenters. The van der Waals surface area contributed by atoms with Crippen LogP contribution < -0.4 is 4.74 Å². The summed E-state index contributed by atoms with van der Waals surface area (Å²) in [5, 5.41) is 0.761. The molecule has 1 aromatic heterocycles. The lowest BCUT2D eigenvalue weighted by Crippen LogP contribution is -2.18. The lowest BCUT2D eigenvalue weighted by atomic mass is 10.2. The molecule has 0 radical (unpaired) electrons. The second-order valence-electron chi connectivity index (χ2n) is 3.86. The van der Waals surface area contributed by atoms with Gasteiger partial charge in [-0.1, -0.05) is 6.07 Å². The van der Waals surface area contributed by atoms with Crippen molar-refractivity contribution in [3.05, 3.63) is 36.3 Å². The number of methoxy groups -OCH3 is 1. The molecule has 2 aromatic rings. The highest BCUT2D eigenvalue weighted by Gasteiger charge is 2.10. The number of nitrogens with zero attached hydrogens (tertiary/aromatic N) is 1. The number of hydrogen-bond acceptors (Lipinski definition) is 3. The van der Waals surface area contributed by atoms with Crippen molar-refractivity contribution in [3.63, 3.8) is 0 Å². The second kappa shape index (κ2) is 5.10. The lowest BCUT2D eigenvalue weighted by molar-refractivity contribution is 0.0894. The van der Waals surface area contributed by atoms with Crippen LogP contribution in [0.15, 0.2) is 30.5 Å². The van der Waals surface area contributed by atoms with Gasteiger partial charge in [-0.25, -0.2) is 4.39 Å². The Morgan fingerprint density at radius 1 is 1.41 bits per heavy atom. The zero-order chi connectivity index (χ0) is 12.3. The molecule has 0 spiro atoms. The van der Waals surface area contributed by atoms with Crippen LogP contribution >= 0.6 is 0 Å². The van der Waals surface area contributed by atoms with Crippen molar-refractivity contribution < 1.29 is 13.9 Å². The average Bonchev–Trinajstić information content (AvgIpc) is 2.30. The molecule has 1 aromatic carbocycles. The predicted octanol–water partition coefficient (Wildman–Crippen LogP) is 2.79. The molecule has 0 bridgehead atoms. The predicted molar refractivity (Wildman–Crippen MR) is 63.7 cm³/mol. The molecular formula is C13H14FNO2. The van der Waals surface area contributed by atoms with E-state index in [0.29, 0.717) is 12.1 Å². The third-order valence-corrected chi connectivity index (χ3v) is 2.39. The van der Waals surface area contributed by atoms with E-state index in [9.17, 15) is 4.39 Å². The monoisotopic (exact) mass is 235 g/mol. The second-order valence-corrected chi connectivity index (χ2v) is 3.86. The zero-order valence-electron chi connectivity index (χ0n) is 9.81. The highest BCUT2D eigenvalue weighted by atomic mass is 19.1. The fraction of sp³-hybridized carbons (Fsp3) is 0.308. The maximum Gasteiger partial charge on any atom is 0.165 e. The van der Waals surface area contributed by atoms with Crippen molar-refractivity contribution in [1.82, 2.24) is 4.98 Å². The Balaban J connectivity index is 2.31. The number of hydrogen-bond donors (Lipinski definition) is 0. The molecule has 0 unspecified atom stereocenters. The summed E-state index contributed by atoms with van der Waals surface area (Å²) in [5.74, 6) is -0.172. The summed E-state index contributed by atoms with van der Waals surface area (Å²) < 4.78 is 24.1. The van der Waals surface area contributed by atoms with Crippen LogP contribution in [0.3, 0.4) is 0 Å². The van der Waals surface area contributed by atoms with E-state index in [1.54, 1.807) is 25.4 Å². The minimum Gasteiger partial charge on any atom is -0.485 e. The molecule has 1 heterocycles. The number of aromatic nitrogens is 1. The molecule has 0 aliphatic heterocycles. The number of halogens is 1. The first kappa shape index (κ1) is 11.8. The molecule has 0 saturated heterocycles. The SMILES string of the molecule is COC[C@@H](C)Oc1cc2ncccc2cc1F. The number of fused-ring (bicyclic) bond motifs is 1. The van der Waals surface area contributed by atoms with Crippen LogP contribution in [-0.4, -0.2) is 24.8 Å². The number of ether oxygens (including phenoxy) is 2. The molecular weight excluding hydrogens is 221 g/mol. The molecule has 3 nitrogen and oxygen atoms in total. The highest BCUT2D eigenvalue weighted by molar-refractivity contribution is 5.79. The van der Waals surface area contributed by atoms with Crippen LogP contribution in [0.5, 0.6) is 5.75 Å². The molecule has 0 fully saturated rings. The summed E-state index contributed by atoms with van der Waals surface area (Å²) in [6, 6.07) is 6.62. The first-order valence-electron chi connectivity index (χ1n) is 5.40. The van der Waals surface area contributed by atoms with Gasteiger partial charge >= 0.3 is 0 Å². The Bertz CT molecular complexity index is 516. The van der Waals surface area contributed by atoms with Gasteiger partial charge in [0.2, 0.25) is 0 Å². The van der Waals surface area contributed by atoms with Crippen LogP contribution in [0.4, 0.5) is 4.39 Å². The number of benzene rings is 1. The Kier molecular flexibility index (Phi) is 3.54. The largest absolute Gasteiger partial charge is 0.485 e. The summed E-state index contributed by atoms with van der Waals surface area (Å²) >= 11 is 0. The minimum absolute atomic E-state index is 0.198. The first-order chi connectivity index (χ1) is 8.20. The molecule has 17 heavy (non-hydrogen) atoms. The lowest BCUT2D eigenvalue weighted by Gasteiger charge is -2.14. The Labute approximate surface area is 99.2 Å². The average molecular weight is 235 g/mol.